The number of nitrogens with one attached hydrogen (secondary N) is 1. The molecule has 0 saturated heterocycles. The van der Waals surface area contributed by atoms with Crippen LogP contribution in [0.3, 0.4) is 0 Å². The van der Waals surface area contributed by atoms with E-state index < -0.39 is 0 Å². The average molecular weight is 252 g/mol. The molecule has 0 aliphatic carbocycles. The van der Waals surface area contributed by atoms with Crippen LogP contribution in [0, 0.1) is 13.8 Å². The summed E-state index contributed by atoms with van der Waals surface area (Å²) < 4.78 is 0. The van der Waals surface area contributed by atoms with Gasteiger partial charge in [-0.05, 0) is 26.0 Å². The highest BCUT2D eigenvalue weighted by molar-refractivity contribution is 5.94. The van der Waals surface area contributed by atoms with E-state index in [2.05, 4.69) is 5.32 Å². The number of carbonyl (C=O) groups excluding carboxylic acids is 1. The number of benzene rings is 1. The van der Waals surface area contributed by atoms with Crippen molar-refractivity contribution in [2.24, 2.45) is 5.73 Å². The molecule has 0 saturated carbocycles. The van der Waals surface area contributed by atoms with Gasteiger partial charge in [0.25, 0.3) is 5.91 Å². The van der Waals surface area contributed by atoms with Gasteiger partial charge in [0.05, 0.1) is 0 Å². The van der Waals surface area contributed by atoms with Crippen molar-refractivity contribution < 1.29 is 4.79 Å². The monoisotopic (exact) mass is 252 g/mol. The topological polar surface area (TPSA) is 55.1 Å². The van der Waals surface area contributed by atoms with E-state index in [4.69, 9.17) is 5.73 Å². The molecule has 3 nitrogen and oxygen atoms in total. The minimum atomic E-state index is -0.0535. The van der Waals surface area contributed by atoms with Gasteiger partial charge in [-0.3, -0.25) is 4.79 Å². The first-order valence-electron chi connectivity index (χ1n) is 6.70. The molecule has 18 heavy (non-hydrogen) atoms. The van der Waals surface area contributed by atoms with E-state index in [0.29, 0.717) is 18.7 Å². The molecule has 0 unspecified atom stereocenters. The summed E-state index contributed by atoms with van der Waals surface area (Å²) >= 11 is 0. The Kier molecular flexibility index (Phi) is 12.8. The second kappa shape index (κ2) is 12.1. The number of aryl methyl sites for hydroxylation is 2. The van der Waals surface area contributed by atoms with Crippen LogP contribution in [0.4, 0.5) is 0 Å². The zero-order valence-electron chi connectivity index (χ0n) is 12.6. The van der Waals surface area contributed by atoms with Gasteiger partial charge < -0.3 is 11.1 Å². The number of hydrogen-bond donors (Lipinski definition) is 2. The fourth-order valence-electron chi connectivity index (χ4n) is 1.39. The Hall–Kier alpha value is -1.35. The molecule has 0 radical (unpaired) electrons. The molecule has 0 heterocycles. The molecule has 0 atom stereocenters. The first-order valence-corrected chi connectivity index (χ1v) is 6.70. The number of carbonyl (C=O) groups is 1. The fraction of sp³-hybridized carbons (Fsp3) is 0.533. The lowest BCUT2D eigenvalue weighted by molar-refractivity contribution is 0.0954. The van der Waals surface area contributed by atoms with E-state index in [0.717, 1.165) is 11.1 Å². The van der Waals surface area contributed by atoms with Crippen molar-refractivity contribution in [1.82, 2.24) is 5.32 Å². The van der Waals surface area contributed by atoms with Crippen LogP contribution >= 0.6 is 0 Å². The molecule has 0 fully saturated rings. The molecule has 0 aliphatic rings. The van der Waals surface area contributed by atoms with Crippen LogP contribution in [0.25, 0.3) is 0 Å². The highest BCUT2D eigenvalue weighted by Crippen LogP contribution is 2.08. The summed E-state index contributed by atoms with van der Waals surface area (Å²) in [6, 6.07) is 5.79. The molecule has 1 rings (SSSR count). The second-order valence-corrected chi connectivity index (χ2v) is 3.42. The molecular weight excluding hydrogens is 224 g/mol. The minimum absolute atomic E-state index is 0.0535. The minimum Gasteiger partial charge on any atom is -0.351 e. The summed E-state index contributed by atoms with van der Waals surface area (Å²) in [6.07, 6.45) is 0. The predicted octanol–water partition coefficient (Wildman–Crippen LogP) is 3.04. The lowest BCUT2D eigenvalue weighted by atomic mass is 10.1. The summed E-state index contributed by atoms with van der Waals surface area (Å²) in [5, 5.41) is 2.74. The van der Waals surface area contributed by atoms with Gasteiger partial charge in [-0.1, -0.05) is 44.9 Å². The zero-order valence-corrected chi connectivity index (χ0v) is 12.6. The van der Waals surface area contributed by atoms with Crippen molar-refractivity contribution in [1.29, 1.82) is 0 Å². The molecule has 0 aromatic heterocycles. The van der Waals surface area contributed by atoms with E-state index in [-0.39, 0.29) is 5.91 Å². The SMILES string of the molecule is CC.CC.Cc1cc(C)cc(C(=O)NCCN)c1. The molecule has 1 amide bonds. The Labute approximate surface area is 112 Å². The average Bonchev–Trinajstić information content (AvgIpc) is 2.39. The molecule has 0 aliphatic heterocycles. The van der Waals surface area contributed by atoms with E-state index in [1.165, 1.54) is 0 Å². The Morgan fingerprint density at radius 3 is 1.89 bits per heavy atom. The van der Waals surface area contributed by atoms with Gasteiger partial charge in [0, 0.05) is 18.7 Å². The van der Waals surface area contributed by atoms with Gasteiger partial charge in [-0.15, -0.1) is 0 Å². The van der Waals surface area contributed by atoms with Gasteiger partial charge in [0.15, 0.2) is 0 Å². The van der Waals surface area contributed by atoms with Crippen LogP contribution in [0.1, 0.15) is 49.2 Å². The summed E-state index contributed by atoms with van der Waals surface area (Å²) in [4.78, 5) is 11.5. The Balaban J connectivity index is 0. The Morgan fingerprint density at radius 2 is 1.50 bits per heavy atom. The van der Waals surface area contributed by atoms with Crippen molar-refractivity contribution in [2.45, 2.75) is 41.5 Å². The molecule has 104 valence electrons. The first kappa shape index (κ1) is 19.0. The first-order chi connectivity index (χ1) is 8.63. The van der Waals surface area contributed by atoms with Crippen molar-refractivity contribution in [3.63, 3.8) is 0 Å². The maximum atomic E-state index is 11.5. The lowest BCUT2D eigenvalue weighted by Gasteiger charge is -2.05. The zero-order chi connectivity index (χ0) is 14.6. The largest absolute Gasteiger partial charge is 0.351 e. The lowest BCUT2D eigenvalue weighted by Crippen LogP contribution is -2.29. The molecule has 0 spiro atoms. The molecule has 3 heteroatoms. The molecule has 1 aromatic rings. The maximum Gasteiger partial charge on any atom is 0.251 e. The molecule has 3 N–H and O–H groups in total. The van der Waals surface area contributed by atoms with E-state index >= 15 is 0 Å². The number of nitrogens with two attached hydrogens (primary N) is 1. The van der Waals surface area contributed by atoms with Gasteiger partial charge >= 0.3 is 0 Å². The van der Waals surface area contributed by atoms with E-state index in [1.807, 2.05) is 59.7 Å². The Bertz CT molecular complexity index is 315. The smallest absolute Gasteiger partial charge is 0.251 e. The standard InChI is InChI=1S/C11H16N2O.2C2H6/c1-8-5-9(2)7-10(6-8)11(14)13-4-3-12;2*1-2/h5-7H,3-4,12H2,1-2H3,(H,13,14);2*1-2H3. The van der Waals surface area contributed by atoms with Gasteiger partial charge in [0.2, 0.25) is 0 Å². The summed E-state index contributed by atoms with van der Waals surface area (Å²) in [5.41, 5.74) is 8.20. The second-order valence-electron chi connectivity index (χ2n) is 3.42. The molecular formula is C15H28N2O. The summed E-state index contributed by atoms with van der Waals surface area (Å²) in [5.74, 6) is -0.0535. The van der Waals surface area contributed by atoms with Crippen molar-refractivity contribution >= 4 is 5.91 Å². The van der Waals surface area contributed by atoms with Crippen molar-refractivity contribution in [3.05, 3.63) is 34.9 Å². The summed E-state index contributed by atoms with van der Waals surface area (Å²) in [6.45, 7) is 12.9. The van der Waals surface area contributed by atoms with E-state index in [9.17, 15) is 4.79 Å². The van der Waals surface area contributed by atoms with Crippen molar-refractivity contribution in [3.8, 4) is 0 Å². The molecule has 0 bridgehead atoms. The van der Waals surface area contributed by atoms with Gasteiger partial charge in [-0.25, -0.2) is 0 Å². The predicted molar refractivity (Wildman–Crippen MR) is 80.0 cm³/mol. The number of amides is 1. The highest BCUT2D eigenvalue weighted by atomic mass is 16.1. The Morgan fingerprint density at radius 1 is 1.06 bits per heavy atom. The third-order valence-corrected chi connectivity index (χ3v) is 1.91. The number of hydrogen-bond acceptors (Lipinski definition) is 2. The molecule has 1 aromatic carbocycles. The number of rotatable bonds is 3. The van der Waals surface area contributed by atoms with Crippen molar-refractivity contribution in [2.75, 3.05) is 13.1 Å². The highest BCUT2D eigenvalue weighted by Gasteiger charge is 2.04. The third kappa shape index (κ3) is 7.85. The van der Waals surface area contributed by atoms with Gasteiger partial charge in [0.1, 0.15) is 0 Å². The van der Waals surface area contributed by atoms with E-state index in [1.54, 1.807) is 0 Å². The normalized spacial score (nSPS) is 8.39. The third-order valence-electron chi connectivity index (χ3n) is 1.91. The maximum absolute atomic E-state index is 11.5. The van der Waals surface area contributed by atoms with Crippen LogP contribution in [-0.2, 0) is 0 Å². The van der Waals surface area contributed by atoms with Crippen LogP contribution in [-0.4, -0.2) is 19.0 Å². The van der Waals surface area contributed by atoms with Crippen LogP contribution in [0.5, 0.6) is 0 Å². The fourth-order valence-corrected chi connectivity index (χ4v) is 1.39. The van der Waals surface area contributed by atoms with Crippen LogP contribution in [0.15, 0.2) is 18.2 Å². The quantitative estimate of drug-likeness (QED) is 0.868. The van der Waals surface area contributed by atoms with Crippen LogP contribution < -0.4 is 11.1 Å². The summed E-state index contributed by atoms with van der Waals surface area (Å²) in [7, 11) is 0. The van der Waals surface area contributed by atoms with Crippen LogP contribution in [0.2, 0.25) is 0 Å². The van der Waals surface area contributed by atoms with Gasteiger partial charge in [-0.2, -0.15) is 0 Å².